The topological polar surface area (TPSA) is 93.1 Å². The molecule has 2 unspecified atom stereocenters. The van der Waals surface area contributed by atoms with E-state index < -0.39 is 0 Å². The molecule has 0 spiro atoms. The van der Waals surface area contributed by atoms with Gasteiger partial charge in [0.2, 0.25) is 5.95 Å². The molecule has 4 aliphatic heterocycles. The number of anilines is 2. The molecule has 9 heteroatoms. The second-order valence-electron chi connectivity index (χ2n) is 9.56. The highest BCUT2D eigenvalue weighted by Gasteiger charge is 2.37. The average Bonchev–Trinajstić information content (AvgIpc) is 2.92. The number of methoxy groups -OCH3 is 1. The summed E-state index contributed by atoms with van der Waals surface area (Å²) < 4.78 is 17.0. The molecule has 35 heavy (non-hydrogen) atoms. The minimum Gasteiger partial charge on any atom is -0.496 e. The molecule has 1 N–H and O–H groups in total. The van der Waals surface area contributed by atoms with Crippen molar-refractivity contribution < 1.29 is 19.3 Å². The van der Waals surface area contributed by atoms with Crippen LogP contribution in [-0.4, -0.2) is 78.3 Å². The van der Waals surface area contributed by atoms with Gasteiger partial charge in [0.15, 0.2) is 5.65 Å². The number of aliphatic hydroxyl groups excluding tert-OH is 1. The zero-order valence-corrected chi connectivity index (χ0v) is 20.2. The number of morpholine rings is 2. The van der Waals surface area contributed by atoms with Gasteiger partial charge < -0.3 is 29.1 Å². The molecule has 184 valence electrons. The molecule has 6 heterocycles. The Labute approximate surface area is 204 Å². The van der Waals surface area contributed by atoms with Crippen molar-refractivity contribution in [2.75, 3.05) is 49.8 Å². The number of rotatable bonds is 5. The fraction of sp³-hybridized carbons (Fsp3) is 0.500. The predicted octanol–water partition coefficient (Wildman–Crippen LogP) is 2.79. The zero-order chi connectivity index (χ0) is 23.9. The molecule has 2 bridgehead atoms. The fourth-order valence-corrected chi connectivity index (χ4v) is 5.39. The molecule has 9 nitrogen and oxygen atoms in total. The van der Waals surface area contributed by atoms with Gasteiger partial charge in [-0.05, 0) is 50.1 Å². The highest BCUT2D eigenvalue weighted by atomic mass is 16.5. The molecule has 7 rings (SSSR count). The summed E-state index contributed by atoms with van der Waals surface area (Å²) in [6.45, 7) is 5.72. The second-order valence-corrected chi connectivity index (χ2v) is 9.56. The first-order valence-electron chi connectivity index (χ1n) is 12.3. The van der Waals surface area contributed by atoms with Crippen LogP contribution < -0.4 is 14.5 Å². The largest absolute Gasteiger partial charge is 0.496 e. The van der Waals surface area contributed by atoms with E-state index in [2.05, 4.69) is 22.8 Å². The number of hydrogen-bond donors (Lipinski definition) is 1. The molecule has 0 radical (unpaired) electrons. The summed E-state index contributed by atoms with van der Waals surface area (Å²) in [6, 6.07) is 10.3. The summed E-state index contributed by atoms with van der Waals surface area (Å²) in [6.07, 6.45) is 2.42. The number of nitrogens with zero attached hydrogens (tertiary/aromatic N) is 5. The van der Waals surface area contributed by atoms with E-state index in [1.165, 1.54) is 0 Å². The molecule has 4 aliphatic rings. The molecule has 0 amide bonds. The maximum atomic E-state index is 9.78. The molecular weight excluding hydrogens is 446 g/mol. The van der Waals surface area contributed by atoms with Crippen LogP contribution in [-0.2, 0) is 16.1 Å². The van der Waals surface area contributed by atoms with Crippen LogP contribution >= 0.6 is 0 Å². The van der Waals surface area contributed by atoms with E-state index in [9.17, 15) is 5.11 Å². The summed E-state index contributed by atoms with van der Waals surface area (Å²) in [7, 11) is 1.60. The van der Waals surface area contributed by atoms with Gasteiger partial charge in [-0.1, -0.05) is 0 Å². The monoisotopic (exact) mass is 477 g/mol. The van der Waals surface area contributed by atoms with Crippen molar-refractivity contribution in [1.82, 2.24) is 15.0 Å². The van der Waals surface area contributed by atoms with Gasteiger partial charge in [0.1, 0.15) is 11.6 Å². The Morgan fingerprint density at radius 3 is 2.71 bits per heavy atom. The molecule has 2 aromatic heterocycles. The number of pyridine rings is 1. The Hall–Kier alpha value is -3.01. The van der Waals surface area contributed by atoms with E-state index in [1.807, 2.05) is 24.3 Å². The average molecular weight is 478 g/mol. The van der Waals surface area contributed by atoms with Crippen LogP contribution in [0.3, 0.4) is 0 Å². The third-order valence-corrected chi connectivity index (χ3v) is 7.36. The van der Waals surface area contributed by atoms with Gasteiger partial charge in [0.05, 0.1) is 62.8 Å². The zero-order valence-electron chi connectivity index (χ0n) is 20.2. The Kier molecular flexibility index (Phi) is 5.91. The summed E-state index contributed by atoms with van der Waals surface area (Å²) in [5.74, 6) is 2.29. The van der Waals surface area contributed by atoms with Crippen LogP contribution in [0.2, 0.25) is 0 Å². The lowest BCUT2D eigenvalue weighted by atomic mass is 9.97. The Balaban J connectivity index is 1.47. The number of hydrogen-bond acceptors (Lipinski definition) is 9. The van der Waals surface area contributed by atoms with Crippen molar-refractivity contribution >= 4 is 22.8 Å². The van der Waals surface area contributed by atoms with Crippen LogP contribution in [0.1, 0.15) is 25.3 Å². The van der Waals surface area contributed by atoms with E-state index in [1.54, 1.807) is 7.11 Å². The third-order valence-electron chi connectivity index (χ3n) is 7.36. The standard InChI is InChI=1S/C26H31N5O4/c1-16-14-34-10-9-30(16)25-21-6-7-22(17-3-8-23(33-2)18(11-17)13-32)27-24(21)28-26(29-25)31-12-20-5-4-19(31)15-35-20/h3,6-8,11,16,19-20,32H,4-5,9-10,12-15H2,1-2H3/t16-,19?,20?/m0/s1. The number of benzene rings is 1. The molecule has 0 aliphatic carbocycles. The van der Waals surface area contributed by atoms with Gasteiger partial charge in [-0.25, -0.2) is 4.98 Å². The van der Waals surface area contributed by atoms with Crippen molar-refractivity contribution in [2.24, 2.45) is 0 Å². The molecular formula is C26H31N5O4. The Morgan fingerprint density at radius 2 is 2.00 bits per heavy atom. The van der Waals surface area contributed by atoms with Gasteiger partial charge in [0, 0.05) is 24.2 Å². The first-order chi connectivity index (χ1) is 17.1. The highest BCUT2D eigenvalue weighted by Crippen LogP contribution is 2.34. The smallest absolute Gasteiger partial charge is 0.229 e. The van der Waals surface area contributed by atoms with Gasteiger partial charge in [0.25, 0.3) is 0 Å². The summed E-state index contributed by atoms with van der Waals surface area (Å²) in [5, 5.41) is 10.7. The fourth-order valence-electron chi connectivity index (χ4n) is 5.39. The molecule has 3 atom stereocenters. The number of piperidine rings is 1. The molecule has 1 aromatic carbocycles. The van der Waals surface area contributed by atoms with E-state index >= 15 is 0 Å². The Morgan fingerprint density at radius 1 is 1.09 bits per heavy atom. The van der Waals surface area contributed by atoms with Gasteiger partial charge in [-0.15, -0.1) is 0 Å². The minimum atomic E-state index is -0.102. The minimum absolute atomic E-state index is 0.102. The van der Waals surface area contributed by atoms with E-state index in [4.69, 9.17) is 29.2 Å². The van der Waals surface area contributed by atoms with Crippen molar-refractivity contribution in [2.45, 2.75) is 44.6 Å². The maximum Gasteiger partial charge on any atom is 0.229 e. The normalized spacial score (nSPS) is 24.3. The van der Waals surface area contributed by atoms with Crippen LogP contribution in [0.25, 0.3) is 22.3 Å². The maximum absolute atomic E-state index is 9.78. The second kappa shape index (κ2) is 9.22. The molecule has 4 saturated heterocycles. The lowest BCUT2D eigenvalue weighted by Crippen LogP contribution is -2.55. The van der Waals surface area contributed by atoms with Crippen LogP contribution in [0.4, 0.5) is 11.8 Å². The lowest BCUT2D eigenvalue weighted by Gasteiger charge is -2.45. The van der Waals surface area contributed by atoms with Crippen LogP contribution in [0.15, 0.2) is 30.3 Å². The van der Waals surface area contributed by atoms with E-state index in [-0.39, 0.29) is 18.8 Å². The Bertz CT molecular complexity index is 1230. The van der Waals surface area contributed by atoms with Gasteiger partial charge >= 0.3 is 0 Å². The number of aromatic nitrogens is 3. The van der Waals surface area contributed by atoms with Crippen LogP contribution in [0, 0.1) is 0 Å². The van der Waals surface area contributed by atoms with Gasteiger partial charge in [-0.3, -0.25) is 0 Å². The van der Waals surface area contributed by atoms with E-state index in [0.29, 0.717) is 30.7 Å². The summed E-state index contributed by atoms with van der Waals surface area (Å²) >= 11 is 0. The molecule has 0 saturated carbocycles. The third kappa shape index (κ3) is 4.07. The summed E-state index contributed by atoms with van der Waals surface area (Å²) in [5.41, 5.74) is 3.10. The van der Waals surface area contributed by atoms with Crippen molar-refractivity contribution in [3.8, 4) is 17.0 Å². The number of aliphatic hydroxyl groups is 1. The molecule has 4 fully saturated rings. The quantitative estimate of drug-likeness (QED) is 0.595. The predicted molar refractivity (Wildman–Crippen MR) is 133 cm³/mol. The van der Waals surface area contributed by atoms with Crippen molar-refractivity contribution in [3.63, 3.8) is 0 Å². The highest BCUT2D eigenvalue weighted by molar-refractivity contribution is 5.90. The van der Waals surface area contributed by atoms with Crippen molar-refractivity contribution in [1.29, 1.82) is 0 Å². The van der Waals surface area contributed by atoms with E-state index in [0.717, 1.165) is 66.5 Å². The van der Waals surface area contributed by atoms with Gasteiger partial charge in [-0.2, -0.15) is 9.97 Å². The molecule has 3 aromatic rings. The van der Waals surface area contributed by atoms with Crippen molar-refractivity contribution in [3.05, 3.63) is 35.9 Å². The summed E-state index contributed by atoms with van der Waals surface area (Å²) in [4.78, 5) is 19.7. The number of ether oxygens (including phenoxy) is 3. The number of fused-ring (bicyclic) bond motifs is 4. The SMILES string of the molecule is COc1ccc(-c2ccc3c(N4CCOC[C@@H]4C)nc(N4CC5CCC4CO5)nc3n2)cc1CO. The first-order valence-corrected chi connectivity index (χ1v) is 12.3. The first kappa shape index (κ1) is 22.5. The van der Waals surface area contributed by atoms with Crippen LogP contribution in [0.5, 0.6) is 5.75 Å². The lowest BCUT2D eigenvalue weighted by molar-refractivity contribution is -0.0231.